The van der Waals surface area contributed by atoms with E-state index in [-0.39, 0.29) is 5.56 Å². The van der Waals surface area contributed by atoms with E-state index >= 15 is 0 Å². The summed E-state index contributed by atoms with van der Waals surface area (Å²) in [6.07, 6.45) is -0.611. The highest BCUT2D eigenvalue weighted by Crippen LogP contribution is 2.29. The predicted octanol–water partition coefficient (Wildman–Crippen LogP) is 5.48. The van der Waals surface area contributed by atoms with Gasteiger partial charge in [0, 0.05) is 30.3 Å². The molecule has 180 valence electrons. The number of carbonyl (C=O) groups is 1. The van der Waals surface area contributed by atoms with Crippen molar-refractivity contribution in [2.24, 2.45) is 5.92 Å². The molecule has 3 aromatic carbocycles. The highest BCUT2D eigenvalue weighted by Gasteiger charge is 2.13. The lowest BCUT2D eigenvalue weighted by Crippen LogP contribution is -2.26. The molecule has 0 amide bonds. The molecule has 1 atom stereocenters. The minimum Gasteiger partial charge on any atom is -0.492 e. The van der Waals surface area contributed by atoms with Crippen molar-refractivity contribution in [3.05, 3.63) is 82.9 Å². The van der Waals surface area contributed by atoms with Gasteiger partial charge in [0.05, 0.1) is 12.7 Å². The van der Waals surface area contributed by atoms with Crippen molar-refractivity contribution in [2.45, 2.75) is 20.0 Å². The van der Waals surface area contributed by atoms with Crippen molar-refractivity contribution in [1.29, 1.82) is 0 Å². The first-order valence-corrected chi connectivity index (χ1v) is 11.7. The molecule has 0 saturated heterocycles. The molecule has 0 radical (unpaired) electrons. The molecule has 0 aromatic heterocycles. The number of rotatable bonds is 12. The molecule has 0 saturated carbocycles. The first-order valence-electron chi connectivity index (χ1n) is 11.3. The molecular formula is C27H31ClN2O4. The Morgan fingerprint density at radius 3 is 2.41 bits per heavy atom. The van der Waals surface area contributed by atoms with Gasteiger partial charge in [0.25, 0.3) is 0 Å². The number of anilines is 1. The molecule has 0 aliphatic heterocycles. The average molecular weight is 483 g/mol. The molecule has 34 heavy (non-hydrogen) atoms. The van der Waals surface area contributed by atoms with E-state index in [1.807, 2.05) is 50.2 Å². The van der Waals surface area contributed by atoms with Crippen molar-refractivity contribution in [2.75, 3.05) is 31.6 Å². The SMILES string of the molecule is CC(C)COc1cc(-c2ccc(NCCNC[C@H](O)c3cccc(Cl)c3)cc2)ccc1C(=O)O. The van der Waals surface area contributed by atoms with Crippen LogP contribution >= 0.6 is 11.6 Å². The maximum atomic E-state index is 11.5. The number of carboxylic acid groups (broad SMARTS) is 1. The Kier molecular flexibility index (Phi) is 9.33. The molecule has 0 aliphatic carbocycles. The third kappa shape index (κ3) is 7.48. The minimum atomic E-state index is -1.00. The molecule has 0 fully saturated rings. The maximum absolute atomic E-state index is 11.5. The van der Waals surface area contributed by atoms with Crippen LogP contribution in [0.25, 0.3) is 11.1 Å². The number of aliphatic hydroxyl groups is 1. The number of aliphatic hydroxyl groups excluding tert-OH is 1. The van der Waals surface area contributed by atoms with E-state index in [4.69, 9.17) is 16.3 Å². The molecule has 4 N–H and O–H groups in total. The van der Waals surface area contributed by atoms with Crippen molar-refractivity contribution in [3.63, 3.8) is 0 Å². The molecule has 0 heterocycles. The summed E-state index contributed by atoms with van der Waals surface area (Å²) in [5.74, 6) is -0.323. The van der Waals surface area contributed by atoms with Gasteiger partial charge in [-0.2, -0.15) is 0 Å². The van der Waals surface area contributed by atoms with Crippen LogP contribution in [0.15, 0.2) is 66.7 Å². The lowest BCUT2D eigenvalue weighted by Gasteiger charge is -2.14. The smallest absolute Gasteiger partial charge is 0.339 e. The van der Waals surface area contributed by atoms with Crippen LogP contribution in [0.3, 0.4) is 0 Å². The van der Waals surface area contributed by atoms with E-state index in [1.165, 1.54) is 0 Å². The number of nitrogens with one attached hydrogen (secondary N) is 2. The molecule has 3 aromatic rings. The van der Waals surface area contributed by atoms with Crippen molar-refractivity contribution < 1.29 is 19.7 Å². The normalized spacial score (nSPS) is 11.9. The topological polar surface area (TPSA) is 90.8 Å². The standard InChI is InChI=1S/C27H31ClN2O4/c1-18(2)17-34-26-15-20(8-11-24(26)27(32)33)19-6-9-23(10-7-19)30-13-12-29-16-25(31)21-4-3-5-22(28)14-21/h3-11,14-15,18,25,29-31H,12-13,16-17H2,1-2H3,(H,32,33)/t25-/m0/s1. The van der Waals surface area contributed by atoms with Crippen molar-refractivity contribution >= 4 is 23.3 Å². The number of hydrogen-bond acceptors (Lipinski definition) is 5. The number of benzene rings is 3. The predicted molar refractivity (Wildman–Crippen MR) is 137 cm³/mol. The molecule has 3 rings (SSSR count). The Balaban J connectivity index is 1.51. The van der Waals surface area contributed by atoms with E-state index in [1.54, 1.807) is 30.3 Å². The van der Waals surface area contributed by atoms with Gasteiger partial charge in [-0.3, -0.25) is 0 Å². The monoisotopic (exact) mass is 482 g/mol. The fourth-order valence-electron chi connectivity index (χ4n) is 3.40. The quantitative estimate of drug-likeness (QED) is 0.256. The summed E-state index contributed by atoms with van der Waals surface area (Å²) in [6, 6.07) is 20.3. The average Bonchev–Trinajstić information content (AvgIpc) is 2.82. The number of halogens is 1. The Bertz CT molecular complexity index is 1090. The summed E-state index contributed by atoms with van der Waals surface area (Å²) in [5.41, 5.74) is 3.79. The molecule has 7 heteroatoms. The highest BCUT2D eigenvalue weighted by molar-refractivity contribution is 6.30. The zero-order valence-electron chi connectivity index (χ0n) is 19.4. The Morgan fingerprint density at radius 1 is 1.00 bits per heavy atom. The van der Waals surface area contributed by atoms with E-state index in [2.05, 4.69) is 10.6 Å². The van der Waals surface area contributed by atoms with Crippen LogP contribution in [-0.4, -0.2) is 42.4 Å². The zero-order chi connectivity index (χ0) is 24.5. The summed E-state index contributed by atoms with van der Waals surface area (Å²) < 4.78 is 5.75. The molecule has 6 nitrogen and oxygen atoms in total. The fourth-order valence-corrected chi connectivity index (χ4v) is 3.60. The summed E-state index contributed by atoms with van der Waals surface area (Å²) in [7, 11) is 0. The molecule has 0 aliphatic rings. The van der Waals surface area contributed by atoms with Crippen molar-refractivity contribution in [3.8, 4) is 16.9 Å². The van der Waals surface area contributed by atoms with Crippen LogP contribution in [0, 0.1) is 5.92 Å². The number of carboxylic acids is 1. The third-order valence-electron chi connectivity index (χ3n) is 5.20. The van der Waals surface area contributed by atoms with Gasteiger partial charge in [-0.25, -0.2) is 4.79 Å². The first-order chi connectivity index (χ1) is 16.3. The van der Waals surface area contributed by atoms with Gasteiger partial charge < -0.3 is 25.6 Å². The van der Waals surface area contributed by atoms with Crippen LogP contribution in [0.1, 0.15) is 35.9 Å². The van der Waals surface area contributed by atoms with E-state index < -0.39 is 12.1 Å². The summed E-state index contributed by atoms with van der Waals surface area (Å²) in [5, 5.41) is 26.9. The summed E-state index contributed by atoms with van der Waals surface area (Å²) in [6.45, 7) is 6.32. The maximum Gasteiger partial charge on any atom is 0.339 e. The van der Waals surface area contributed by atoms with Crippen LogP contribution in [0.2, 0.25) is 5.02 Å². The van der Waals surface area contributed by atoms with Gasteiger partial charge in [0.2, 0.25) is 0 Å². The Hall–Kier alpha value is -3.06. The van der Waals surface area contributed by atoms with Gasteiger partial charge in [0.15, 0.2) is 0 Å². The van der Waals surface area contributed by atoms with Crippen LogP contribution < -0.4 is 15.4 Å². The van der Waals surface area contributed by atoms with E-state index in [0.717, 1.165) is 22.4 Å². The summed E-state index contributed by atoms with van der Waals surface area (Å²) in [4.78, 5) is 11.5. The lowest BCUT2D eigenvalue weighted by molar-refractivity contribution is 0.0691. The fraction of sp³-hybridized carbons (Fsp3) is 0.296. The largest absolute Gasteiger partial charge is 0.492 e. The second-order valence-corrected chi connectivity index (χ2v) is 8.94. The Morgan fingerprint density at radius 2 is 1.74 bits per heavy atom. The van der Waals surface area contributed by atoms with Crippen LogP contribution in [-0.2, 0) is 0 Å². The molecule has 0 spiro atoms. The number of ether oxygens (including phenoxy) is 1. The third-order valence-corrected chi connectivity index (χ3v) is 5.44. The van der Waals surface area contributed by atoms with Gasteiger partial charge in [-0.05, 0) is 59.0 Å². The molecule has 0 unspecified atom stereocenters. The molecular weight excluding hydrogens is 452 g/mol. The number of aromatic carboxylic acids is 1. The second-order valence-electron chi connectivity index (χ2n) is 8.50. The number of hydrogen-bond donors (Lipinski definition) is 4. The van der Waals surface area contributed by atoms with Gasteiger partial charge in [0.1, 0.15) is 11.3 Å². The first kappa shape index (κ1) is 25.6. The second kappa shape index (κ2) is 12.4. The van der Waals surface area contributed by atoms with Gasteiger partial charge in [-0.1, -0.05) is 55.8 Å². The summed E-state index contributed by atoms with van der Waals surface area (Å²) >= 11 is 5.97. The van der Waals surface area contributed by atoms with E-state index in [0.29, 0.717) is 42.9 Å². The molecule has 0 bridgehead atoms. The van der Waals surface area contributed by atoms with E-state index in [9.17, 15) is 15.0 Å². The minimum absolute atomic E-state index is 0.163. The lowest BCUT2D eigenvalue weighted by atomic mass is 10.0. The highest BCUT2D eigenvalue weighted by atomic mass is 35.5. The van der Waals surface area contributed by atoms with Gasteiger partial charge >= 0.3 is 5.97 Å². The zero-order valence-corrected chi connectivity index (χ0v) is 20.2. The van der Waals surface area contributed by atoms with Crippen LogP contribution in [0.5, 0.6) is 5.75 Å². The van der Waals surface area contributed by atoms with Crippen molar-refractivity contribution in [1.82, 2.24) is 5.32 Å². The Labute approximate surface area is 205 Å². The van der Waals surface area contributed by atoms with Gasteiger partial charge in [-0.15, -0.1) is 0 Å². The van der Waals surface area contributed by atoms with Crippen LogP contribution in [0.4, 0.5) is 5.69 Å².